The molecule has 2 aliphatic rings. The lowest BCUT2D eigenvalue weighted by molar-refractivity contribution is -0.122. The Labute approximate surface area is 92.9 Å². The van der Waals surface area contributed by atoms with E-state index < -0.39 is 0 Å². The Morgan fingerprint density at radius 3 is 2.93 bits per heavy atom. The minimum absolute atomic E-state index is 0.504. The number of hydrogen-bond donors (Lipinski definition) is 0. The molecule has 0 amide bonds. The lowest BCUT2D eigenvalue weighted by Gasteiger charge is -2.31. The van der Waals surface area contributed by atoms with Gasteiger partial charge in [-0.1, -0.05) is 19.1 Å². The van der Waals surface area contributed by atoms with E-state index in [1.165, 1.54) is 25.7 Å². The van der Waals surface area contributed by atoms with Crippen LogP contribution in [0, 0.1) is 17.8 Å². The molecular weight excluding hydrogens is 184 g/mol. The minimum Gasteiger partial charge on any atom is -0.300 e. The van der Waals surface area contributed by atoms with Crippen molar-refractivity contribution in [1.82, 2.24) is 0 Å². The van der Waals surface area contributed by atoms with Crippen LogP contribution in [-0.4, -0.2) is 5.78 Å². The quantitative estimate of drug-likeness (QED) is 0.629. The summed E-state index contributed by atoms with van der Waals surface area (Å²) in [7, 11) is 0. The molecule has 1 nitrogen and oxygen atoms in total. The molecule has 84 valence electrons. The molecule has 0 aromatic carbocycles. The van der Waals surface area contributed by atoms with Crippen LogP contribution in [0.15, 0.2) is 12.2 Å². The van der Waals surface area contributed by atoms with Gasteiger partial charge in [0.25, 0.3) is 0 Å². The van der Waals surface area contributed by atoms with E-state index in [1.54, 1.807) is 0 Å². The van der Waals surface area contributed by atoms with Crippen molar-refractivity contribution in [3.8, 4) is 0 Å². The van der Waals surface area contributed by atoms with Crippen LogP contribution >= 0.6 is 0 Å². The second kappa shape index (κ2) is 4.96. The molecule has 0 radical (unpaired) electrons. The fourth-order valence-corrected chi connectivity index (χ4v) is 3.03. The first kappa shape index (κ1) is 10.9. The predicted octanol–water partition coefficient (Wildman–Crippen LogP) is 3.74. The fourth-order valence-electron chi connectivity index (χ4n) is 3.03. The summed E-state index contributed by atoms with van der Waals surface area (Å²) in [5.74, 6) is 2.81. The van der Waals surface area contributed by atoms with E-state index in [2.05, 4.69) is 19.1 Å². The monoisotopic (exact) mass is 206 g/mol. The smallest absolute Gasteiger partial charge is 0.133 e. The Kier molecular flexibility index (Phi) is 3.61. The molecule has 1 heteroatoms. The third-order valence-corrected chi connectivity index (χ3v) is 4.19. The summed E-state index contributed by atoms with van der Waals surface area (Å²) in [6, 6.07) is 0. The highest BCUT2D eigenvalue weighted by atomic mass is 16.1. The van der Waals surface area contributed by atoms with Crippen molar-refractivity contribution in [3.63, 3.8) is 0 Å². The first-order chi connectivity index (χ1) is 7.25. The molecule has 1 fully saturated rings. The van der Waals surface area contributed by atoms with Gasteiger partial charge in [-0.05, 0) is 49.9 Å². The van der Waals surface area contributed by atoms with Gasteiger partial charge in [-0.2, -0.15) is 0 Å². The number of rotatable bonds is 2. The zero-order valence-corrected chi connectivity index (χ0v) is 9.74. The first-order valence-electron chi connectivity index (χ1n) is 6.42. The summed E-state index contributed by atoms with van der Waals surface area (Å²) >= 11 is 0. The number of Topliss-reactive ketones (excluding diaryl/α,β-unsaturated/α-hetero) is 1. The Morgan fingerprint density at radius 2 is 2.20 bits per heavy atom. The lowest BCUT2D eigenvalue weighted by Crippen LogP contribution is -2.25. The molecule has 0 aromatic rings. The lowest BCUT2D eigenvalue weighted by atomic mass is 9.73. The van der Waals surface area contributed by atoms with Crippen LogP contribution in [0.5, 0.6) is 0 Å². The summed E-state index contributed by atoms with van der Waals surface area (Å²) < 4.78 is 0. The summed E-state index contributed by atoms with van der Waals surface area (Å²) in [5, 5.41) is 0. The second-order valence-electron chi connectivity index (χ2n) is 5.41. The van der Waals surface area contributed by atoms with Crippen LogP contribution in [0.25, 0.3) is 0 Å². The molecule has 0 aromatic heterocycles. The Bertz CT molecular complexity index is 254. The third kappa shape index (κ3) is 2.93. The van der Waals surface area contributed by atoms with Crippen molar-refractivity contribution in [2.45, 2.75) is 51.9 Å². The number of carbonyl (C=O) groups is 1. The molecule has 0 heterocycles. The van der Waals surface area contributed by atoms with E-state index in [0.717, 1.165) is 31.1 Å². The van der Waals surface area contributed by atoms with Gasteiger partial charge < -0.3 is 0 Å². The highest BCUT2D eigenvalue weighted by Crippen LogP contribution is 2.35. The van der Waals surface area contributed by atoms with Gasteiger partial charge in [-0.25, -0.2) is 0 Å². The Hall–Kier alpha value is -0.590. The van der Waals surface area contributed by atoms with Gasteiger partial charge in [0, 0.05) is 12.8 Å². The van der Waals surface area contributed by atoms with Crippen LogP contribution < -0.4 is 0 Å². The van der Waals surface area contributed by atoms with Gasteiger partial charge in [0.2, 0.25) is 0 Å². The average Bonchev–Trinajstić information content (AvgIpc) is 2.25. The van der Waals surface area contributed by atoms with Crippen LogP contribution in [-0.2, 0) is 4.79 Å². The Morgan fingerprint density at radius 1 is 1.33 bits per heavy atom. The van der Waals surface area contributed by atoms with Crippen molar-refractivity contribution in [1.29, 1.82) is 0 Å². The van der Waals surface area contributed by atoms with Crippen molar-refractivity contribution in [3.05, 3.63) is 12.2 Å². The van der Waals surface area contributed by atoms with Gasteiger partial charge in [0.15, 0.2) is 0 Å². The standard InChI is InChI=1S/C14H22O/c1-11-7-8-14(15)10-13(11)9-12-5-3-2-4-6-12/h2-3,11-13H,4-10H2,1H3. The summed E-state index contributed by atoms with van der Waals surface area (Å²) in [4.78, 5) is 11.4. The van der Waals surface area contributed by atoms with Gasteiger partial charge in [0.1, 0.15) is 5.78 Å². The topological polar surface area (TPSA) is 17.1 Å². The fraction of sp³-hybridized carbons (Fsp3) is 0.786. The van der Waals surface area contributed by atoms with Crippen LogP contribution in [0.3, 0.4) is 0 Å². The molecule has 2 aliphatic carbocycles. The highest BCUT2D eigenvalue weighted by Gasteiger charge is 2.28. The molecule has 3 atom stereocenters. The maximum atomic E-state index is 11.4. The maximum Gasteiger partial charge on any atom is 0.133 e. The van der Waals surface area contributed by atoms with E-state index in [0.29, 0.717) is 11.7 Å². The van der Waals surface area contributed by atoms with Crippen molar-refractivity contribution in [2.75, 3.05) is 0 Å². The van der Waals surface area contributed by atoms with Crippen molar-refractivity contribution < 1.29 is 4.79 Å². The number of carbonyl (C=O) groups excluding carboxylic acids is 1. The molecule has 15 heavy (non-hydrogen) atoms. The van der Waals surface area contributed by atoms with Gasteiger partial charge in [-0.15, -0.1) is 0 Å². The van der Waals surface area contributed by atoms with E-state index in [-0.39, 0.29) is 0 Å². The van der Waals surface area contributed by atoms with Gasteiger partial charge in [-0.3, -0.25) is 4.79 Å². The largest absolute Gasteiger partial charge is 0.300 e. The molecule has 3 unspecified atom stereocenters. The zero-order valence-electron chi connectivity index (χ0n) is 9.74. The maximum absolute atomic E-state index is 11.4. The predicted molar refractivity (Wildman–Crippen MR) is 62.6 cm³/mol. The molecule has 0 N–H and O–H groups in total. The van der Waals surface area contributed by atoms with E-state index in [1.807, 2.05) is 0 Å². The normalized spacial score (nSPS) is 36.9. The number of ketones is 1. The highest BCUT2D eigenvalue weighted by molar-refractivity contribution is 5.79. The zero-order chi connectivity index (χ0) is 10.7. The summed E-state index contributed by atoms with van der Waals surface area (Å²) in [5.41, 5.74) is 0. The Balaban J connectivity index is 1.86. The molecule has 2 rings (SSSR count). The molecule has 0 saturated heterocycles. The number of allylic oxidation sites excluding steroid dienone is 2. The molecule has 1 saturated carbocycles. The molecule has 0 aliphatic heterocycles. The SMILES string of the molecule is CC1CCC(=O)CC1CC1CC=CCC1. The average molecular weight is 206 g/mol. The summed E-state index contributed by atoms with van der Waals surface area (Å²) in [6.45, 7) is 2.33. The van der Waals surface area contributed by atoms with E-state index >= 15 is 0 Å². The second-order valence-corrected chi connectivity index (χ2v) is 5.41. The van der Waals surface area contributed by atoms with Crippen molar-refractivity contribution in [2.24, 2.45) is 17.8 Å². The number of hydrogen-bond acceptors (Lipinski definition) is 1. The van der Waals surface area contributed by atoms with Crippen LogP contribution in [0.2, 0.25) is 0 Å². The first-order valence-corrected chi connectivity index (χ1v) is 6.42. The van der Waals surface area contributed by atoms with Gasteiger partial charge in [0.05, 0.1) is 0 Å². The minimum atomic E-state index is 0.504. The molecular formula is C14H22O. The van der Waals surface area contributed by atoms with Crippen LogP contribution in [0.4, 0.5) is 0 Å². The van der Waals surface area contributed by atoms with Crippen molar-refractivity contribution >= 4 is 5.78 Å². The van der Waals surface area contributed by atoms with Gasteiger partial charge >= 0.3 is 0 Å². The third-order valence-electron chi connectivity index (χ3n) is 4.19. The molecule has 0 bridgehead atoms. The molecule has 0 spiro atoms. The van der Waals surface area contributed by atoms with E-state index in [9.17, 15) is 4.79 Å². The summed E-state index contributed by atoms with van der Waals surface area (Å²) in [6.07, 6.45) is 12.6. The van der Waals surface area contributed by atoms with E-state index in [4.69, 9.17) is 0 Å². The van der Waals surface area contributed by atoms with Crippen LogP contribution in [0.1, 0.15) is 51.9 Å².